The summed E-state index contributed by atoms with van der Waals surface area (Å²) in [5, 5.41) is 18.7. The molecule has 0 bridgehead atoms. The molecule has 2 aromatic heterocycles. The van der Waals surface area contributed by atoms with Crippen molar-refractivity contribution >= 4 is 32.1 Å². The van der Waals surface area contributed by atoms with E-state index in [-0.39, 0.29) is 10.9 Å². The highest BCUT2D eigenvalue weighted by molar-refractivity contribution is 7.89. The largest absolute Gasteiger partial charge is 0.387 e. The number of benzene rings is 1. The van der Waals surface area contributed by atoms with E-state index in [9.17, 15) is 13.5 Å². The maximum absolute atomic E-state index is 12.6. The van der Waals surface area contributed by atoms with Gasteiger partial charge in [-0.3, -0.25) is 4.98 Å². The van der Waals surface area contributed by atoms with Gasteiger partial charge in [-0.05, 0) is 52.9 Å². The molecule has 8 heteroatoms. The van der Waals surface area contributed by atoms with Gasteiger partial charge in [0, 0.05) is 36.9 Å². The molecule has 0 amide bonds. The van der Waals surface area contributed by atoms with Crippen molar-refractivity contribution in [2.45, 2.75) is 24.0 Å². The smallest absolute Gasteiger partial charge is 0.240 e. The summed E-state index contributed by atoms with van der Waals surface area (Å²) < 4.78 is 27.8. The lowest BCUT2D eigenvalue weighted by Crippen LogP contribution is -2.40. The van der Waals surface area contributed by atoms with Crippen LogP contribution in [0.4, 0.5) is 0 Å². The highest BCUT2D eigenvalue weighted by Gasteiger charge is 2.18. The maximum atomic E-state index is 12.6. The SMILES string of the molecule is C[C@H](CNC[C@@H](O)c1ccsc1)NS(=O)(=O)c1ccc2cnccc2c1. The van der Waals surface area contributed by atoms with Crippen molar-refractivity contribution < 1.29 is 13.5 Å². The van der Waals surface area contributed by atoms with Gasteiger partial charge in [-0.2, -0.15) is 11.3 Å². The third-order valence-electron chi connectivity index (χ3n) is 3.99. The topological polar surface area (TPSA) is 91.3 Å². The van der Waals surface area contributed by atoms with Gasteiger partial charge in [0.2, 0.25) is 10.0 Å². The van der Waals surface area contributed by atoms with Crippen LogP contribution in [0.2, 0.25) is 0 Å². The molecule has 3 rings (SSSR count). The summed E-state index contributed by atoms with van der Waals surface area (Å²) in [6, 6.07) is 8.30. The molecule has 0 fully saturated rings. The summed E-state index contributed by atoms with van der Waals surface area (Å²) in [4.78, 5) is 4.25. The van der Waals surface area contributed by atoms with Crippen molar-refractivity contribution in [1.29, 1.82) is 0 Å². The molecule has 0 saturated carbocycles. The number of pyridine rings is 1. The summed E-state index contributed by atoms with van der Waals surface area (Å²) in [7, 11) is -3.62. The molecule has 0 radical (unpaired) electrons. The van der Waals surface area contributed by atoms with Gasteiger partial charge in [0.15, 0.2) is 0 Å². The standard InChI is InChI=1S/C18H21N3O3S2/c1-13(9-20-11-18(22)16-5-7-25-12-16)21-26(23,24)17-3-2-15-10-19-6-4-14(15)8-17/h2-8,10,12-13,18,20-22H,9,11H2,1H3/t13-,18-/m1/s1. The number of hydrogen-bond acceptors (Lipinski definition) is 6. The molecule has 6 nitrogen and oxygen atoms in total. The van der Waals surface area contributed by atoms with E-state index >= 15 is 0 Å². The summed E-state index contributed by atoms with van der Waals surface area (Å²) in [5.41, 5.74) is 0.862. The zero-order chi connectivity index (χ0) is 18.6. The van der Waals surface area contributed by atoms with E-state index in [1.807, 2.05) is 16.8 Å². The van der Waals surface area contributed by atoms with Crippen molar-refractivity contribution in [3.05, 3.63) is 59.0 Å². The molecule has 3 aromatic rings. The van der Waals surface area contributed by atoms with Gasteiger partial charge in [-0.15, -0.1) is 0 Å². The second kappa shape index (κ2) is 8.24. The molecular weight excluding hydrogens is 370 g/mol. The Morgan fingerprint density at radius 3 is 2.81 bits per heavy atom. The average molecular weight is 392 g/mol. The molecule has 0 aliphatic carbocycles. The van der Waals surface area contributed by atoms with E-state index in [1.54, 1.807) is 43.6 Å². The first-order chi connectivity index (χ1) is 12.5. The number of aliphatic hydroxyl groups is 1. The van der Waals surface area contributed by atoms with Crippen LogP contribution in [-0.4, -0.2) is 37.6 Å². The predicted molar refractivity (Wildman–Crippen MR) is 104 cm³/mol. The Morgan fingerprint density at radius 2 is 2.04 bits per heavy atom. The normalized spacial score (nSPS) is 14.4. The molecule has 1 aromatic carbocycles. The van der Waals surface area contributed by atoms with Crippen LogP contribution >= 0.6 is 11.3 Å². The first-order valence-corrected chi connectivity index (χ1v) is 10.7. The number of hydrogen-bond donors (Lipinski definition) is 3. The minimum Gasteiger partial charge on any atom is -0.387 e. The molecule has 0 saturated heterocycles. The number of nitrogens with zero attached hydrogens (tertiary/aromatic N) is 1. The first-order valence-electron chi connectivity index (χ1n) is 8.23. The van der Waals surface area contributed by atoms with Crippen LogP contribution in [0.5, 0.6) is 0 Å². The predicted octanol–water partition coefficient (Wildman–Crippen LogP) is 2.29. The quantitative estimate of drug-likeness (QED) is 0.548. The second-order valence-corrected chi connectivity index (χ2v) is 8.63. The number of thiophene rings is 1. The number of nitrogens with one attached hydrogen (secondary N) is 2. The highest BCUT2D eigenvalue weighted by atomic mass is 32.2. The van der Waals surface area contributed by atoms with Crippen LogP contribution < -0.4 is 10.0 Å². The fourth-order valence-corrected chi connectivity index (χ4v) is 4.61. The van der Waals surface area contributed by atoms with Crippen LogP contribution in [0.25, 0.3) is 10.8 Å². The average Bonchev–Trinajstić information content (AvgIpc) is 3.15. The summed E-state index contributed by atoms with van der Waals surface area (Å²) >= 11 is 1.53. The van der Waals surface area contributed by atoms with Crippen molar-refractivity contribution in [3.8, 4) is 0 Å². The Kier molecular flexibility index (Phi) is 6.00. The van der Waals surface area contributed by atoms with Crippen molar-refractivity contribution in [1.82, 2.24) is 15.0 Å². The lowest BCUT2D eigenvalue weighted by atomic mass is 10.2. The summed E-state index contributed by atoms with van der Waals surface area (Å²) in [5.74, 6) is 0. The molecule has 2 heterocycles. The third kappa shape index (κ3) is 4.66. The second-order valence-electron chi connectivity index (χ2n) is 6.14. The monoisotopic (exact) mass is 391 g/mol. The minimum absolute atomic E-state index is 0.223. The van der Waals surface area contributed by atoms with E-state index in [4.69, 9.17) is 0 Å². The van der Waals surface area contributed by atoms with Gasteiger partial charge in [0.25, 0.3) is 0 Å². The van der Waals surface area contributed by atoms with Gasteiger partial charge in [-0.1, -0.05) is 6.07 Å². The number of aromatic nitrogens is 1. The lowest BCUT2D eigenvalue weighted by Gasteiger charge is -2.17. The van der Waals surface area contributed by atoms with Crippen LogP contribution in [0, 0.1) is 0 Å². The van der Waals surface area contributed by atoms with Gasteiger partial charge in [-0.25, -0.2) is 13.1 Å². The molecule has 138 valence electrons. The van der Waals surface area contributed by atoms with Crippen LogP contribution in [-0.2, 0) is 10.0 Å². The van der Waals surface area contributed by atoms with Gasteiger partial charge < -0.3 is 10.4 Å². The molecule has 0 unspecified atom stereocenters. The van der Waals surface area contributed by atoms with E-state index < -0.39 is 16.1 Å². The van der Waals surface area contributed by atoms with E-state index in [0.29, 0.717) is 13.1 Å². The van der Waals surface area contributed by atoms with E-state index in [2.05, 4.69) is 15.0 Å². The van der Waals surface area contributed by atoms with Crippen LogP contribution in [0.1, 0.15) is 18.6 Å². The Bertz CT molecular complexity index is 959. The number of fused-ring (bicyclic) bond motifs is 1. The van der Waals surface area contributed by atoms with Gasteiger partial charge >= 0.3 is 0 Å². The van der Waals surface area contributed by atoms with Gasteiger partial charge in [0.1, 0.15) is 0 Å². The van der Waals surface area contributed by atoms with E-state index in [1.165, 1.54) is 11.3 Å². The van der Waals surface area contributed by atoms with Crippen molar-refractivity contribution in [3.63, 3.8) is 0 Å². The van der Waals surface area contributed by atoms with Crippen molar-refractivity contribution in [2.75, 3.05) is 13.1 Å². The zero-order valence-corrected chi connectivity index (χ0v) is 15.9. The number of sulfonamides is 1. The fourth-order valence-electron chi connectivity index (χ4n) is 2.62. The number of rotatable bonds is 8. The fraction of sp³-hybridized carbons (Fsp3) is 0.278. The minimum atomic E-state index is -3.62. The highest BCUT2D eigenvalue weighted by Crippen LogP contribution is 2.18. The zero-order valence-electron chi connectivity index (χ0n) is 14.3. The molecule has 3 N–H and O–H groups in total. The molecule has 2 atom stereocenters. The summed E-state index contributed by atoms with van der Waals surface area (Å²) in [6.45, 7) is 2.57. The molecule has 0 spiro atoms. The molecular formula is C18H21N3O3S2. The van der Waals surface area contributed by atoms with E-state index in [0.717, 1.165) is 16.3 Å². The third-order valence-corrected chi connectivity index (χ3v) is 6.28. The molecule has 26 heavy (non-hydrogen) atoms. The Balaban J connectivity index is 1.57. The van der Waals surface area contributed by atoms with Crippen LogP contribution in [0.15, 0.2) is 58.4 Å². The molecule has 0 aliphatic heterocycles. The lowest BCUT2D eigenvalue weighted by molar-refractivity contribution is 0.174. The van der Waals surface area contributed by atoms with Crippen molar-refractivity contribution in [2.24, 2.45) is 0 Å². The Morgan fingerprint density at radius 1 is 1.19 bits per heavy atom. The Hall–Kier alpha value is -1.84. The Labute approximate surface area is 157 Å². The maximum Gasteiger partial charge on any atom is 0.240 e. The first kappa shape index (κ1) is 18.9. The molecule has 0 aliphatic rings. The summed E-state index contributed by atoms with van der Waals surface area (Å²) in [6.07, 6.45) is 2.74. The number of aliphatic hydroxyl groups excluding tert-OH is 1. The van der Waals surface area contributed by atoms with Crippen LogP contribution in [0.3, 0.4) is 0 Å². The van der Waals surface area contributed by atoms with Gasteiger partial charge in [0.05, 0.1) is 11.0 Å².